The van der Waals surface area contributed by atoms with Gasteiger partial charge in [0.25, 0.3) is 0 Å². The van der Waals surface area contributed by atoms with Crippen molar-refractivity contribution in [1.29, 1.82) is 0 Å². The van der Waals surface area contributed by atoms with Crippen molar-refractivity contribution in [1.82, 2.24) is 10.6 Å². The minimum absolute atomic E-state index is 0.731. The van der Waals surface area contributed by atoms with E-state index in [2.05, 4.69) is 27.8 Å². The lowest BCUT2D eigenvalue weighted by atomic mass is 10.1. The molecule has 1 aromatic carbocycles. The van der Waals surface area contributed by atoms with Crippen molar-refractivity contribution in [3.05, 3.63) is 29.3 Å². The molecule has 0 saturated carbocycles. The lowest BCUT2D eigenvalue weighted by molar-refractivity contribution is 0.195. The maximum Gasteiger partial charge on any atom is 0.191 e. The highest BCUT2D eigenvalue weighted by atomic mass is 16.5. The molecule has 0 fully saturated rings. The molecule has 1 rings (SSSR count). The summed E-state index contributed by atoms with van der Waals surface area (Å²) in [5.74, 6) is 1.71. The molecular weight excluding hydrogens is 254 g/mol. The molecule has 0 aromatic heterocycles. The van der Waals surface area contributed by atoms with Gasteiger partial charge in [0.15, 0.2) is 5.96 Å². The van der Waals surface area contributed by atoms with Gasteiger partial charge in [-0.1, -0.05) is 12.1 Å². The number of nitrogens with one attached hydrogen (secondary N) is 2. The highest BCUT2D eigenvalue weighted by molar-refractivity contribution is 5.79. The molecule has 0 aliphatic rings. The van der Waals surface area contributed by atoms with Gasteiger partial charge < -0.3 is 20.1 Å². The Morgan fingerprint density at radius 1 is 1.25 bits per heavy atom. The van der Waals surface area contributed by atoms with Crippen LogP contribution in [-0.4, -0.2) is 40.4 Å². The second-order valence-corrected chi connectivity index (χ2v) is 4.50. The Morgan fingerprint density at radius 3 is 2.65 bits per heavy atom. The van der Waals surface area contributed by atoms with Gasteiger partial charge in [0.1, 0.15) is 5.75 Å². The van der Waals surface area contributed by atoms with Crippen molar-refractivity contribution in [3.63, 3.8) is 0 Å². The van der Waals surface area contributed by atoms with Crippen LogP contribution in [0.4, 0.5) is 0 Å². The molecule has 0 bridgehead atoms. The van der Waals surface area contributed by atoms with Crippen molar-refractivity contribution in [2.75, 3.05) is 34.4 Å². The van der Waals surface area contributed by atoms with Crippen molar-refractivity contribution in [2.24, 2.45) is 4.99 Å². The minimum atomic E-state index is 0.731. The van der Waals surface area contributed by atoms with Crippen LogP contribution < -0.4 is 15.4 Å². The van der Waals surface area contributed by atoms with Crippen LogP contribution in [0.5, 0.6) is 5.75 Å². The van der Waals surface area contributed by atoms with Crippen LogP contribution in [0, 0.1) is 6.92 Å². The van der Waals surface area contributed by atoms with E-state index >= 15 is 0 Å². The fourth-order valence-corrected chi connectivity index (χ4v) is 1.88. The number of aliphatic imine (C=N–C) groups is 1. The van der Waals surface area contributed by atoms with E-state index in [1.165, 1.54) is 5.56 Å². The summed E-state index contributed by atoms with van der Waals surface area (Å²) in [6.45, 7) is 4.37. The zero-order valence-electron chi connectivity index (χ0n) is 12.8. The third-order valence-electron chi connectivity index (χ3n) is 2.96. The number of guanidine groups is 1. The third-order valence-corrected chi connectivity index (χ3v) is 2.96. The monoisotopic (exact) mass is 279 g/mol. The molecule has 1 aromatic rings. The van der Waals surface area contributed by atoms with Gasteiger partial charge in [-0.2, -0.15) is 0 Å². The molecule has 0 saturated heterocycles. The van der Waals surface area contributed by atoms with Crippen molar-refractivity contribution in [2.45, 2.75) is 19.9 Å². The summed E-state index contributed by atoms with van der Waals surface area (Å²) in [4.78, 5) is 4.19. The van der Waals surface area contributed by atoms with Crippen LogP contribution in [0.2, 0.25) is 0 Å². The largest absolute Gasteiger partial charge is 0.496 e. The molecule has 0 spiro atoms. The summed E-state index contributed by atoms with van der Waals surface area (Å²) in [6, 6.07) is 6.15. The van der Waals surface area contributed by atoms with Gasteiger partial charge in [-0.05, 0) is 30.5 Å². The van der Waals surface area contributed by atoms with E-state index in [0.717, 1.165) is 43.4 Å². The summed E-state index contributed by atoms with van der Waals surface area (Å²) >= 11 is 0. The van der Waals surface area contributed by atoms with Gasteiger partial charge in [-0.3, -0.25) is 4.99 Å². The second kappa shape index (κ2) is 9.20. The van der Waals surface area contributed by atoms with Crippen molar-refractivity contribution in [3.8, 4) is 5.75 Å². The van der Waals surface area contributed by atoms with E-state index < -0.39 is 0 Å². The van der Waals surface area contributed by atoms with Gasteiger partial charge in [0.2, 0.25) is 0 Å². The van der Waals surface area contributed by atoms with E-state index in [0.29, 0.717) is 0 Å². The van der Waals surface area contributed by atoms with E-state index in [9.17, 15) is 0 Å². The molecule has 2 N–H and O–H groups in total. The normalized spacial score (nSPS) is 11.3. The zero-order valence-corrected chi connectivity index (χ0v) is 12.8. The fraction of sp³-hybridized carbons (Fsp3) is 0.533. The predicted molar refractivity (Wildman–Crippen MR) is 82.4 cm³/mol. The van der Waals surface area contributed by atoms with Crippen LogP contribution in [-0.2, 0) is 11.3 Å². The number of benzene rings is 1. The average Bonchev–Trinajstić information content (AvgIpc) is 2.46. The Hall–Kier alpha value is -1.75. The Morgan fingerprint density at radius 2 is 2.05 bits per heavy atom. The Balaban J connectivity index is 2.42. The smallest absolute Gasteiger partial charge is 0.191 e. The molecule has 20 heavy (non-hydrogen) atoms. The standard InChI is InChI=1S/C15H25N3O2/c1-12-10-13(6-7-14(12)20-4)11-18-15(16-2)17-8-5-9-19-3/h6-7,10H,5,8-9,11H2,1-4H3,(H2,16,17,18). The Labute approximate surface area is 121 Å². The molecule has 0 amide bonds. The van der Waals surface area contributed by atoms with Crippen molar-refractivity contribution >= 4 is 5.96 Å². The molecule has 0 aliphatic heterocycles. The number of methoxy groups -OCH3 is 2. The number of hydrogen-bond donors (Lipinski definition) is 2. The quantitative estimate of drug-likeness (QED) is 0.453. The van der Waals surface area contributed by atoms with Crippen LogP contribution in [0.25, 0.3) is 0 Å². The van der Waals surface area contributed by atoms with E-state index in [4.69, 9.17) is 9.47 Å². The summed E-state index contributed by atoms with van der Waals surface area (Å²) in [5, 5.41) is 6.53. The maximum atomic E-state index is 5.25. The van der Waals surface area contributed by atoms with E-state index in [-0.39, 0.29) is 0 Å². The molecule has 5 heteroatoms. The van der Waals surface area contributed by atoms with Gasteiger partial charge in [-0.15, -0.1) is 0 Å². The molecule has 0 unspecified atom stereocenters. The first-order chi connectivity index (χ1) is 9.71. The molecule has 0 atom stereocenters. The summed E-state index contributed by atoms with van der Waals surface area (Å²) < 4.78 is 10.3. The summed E-state index contributed by atoms with van der Waals surface area (Å²) in [6.07, 6.45) is 0.957. The Kier molecular flexibility index (Phi) is 7.50. The second-order valence-electron chi connectivity index (χ2n) is 4.50. The van der Waals surface area contributed by atoms with Gasteiger partial charge >= 0.3 is 0 Å². The Bertz CT molecular complexity index is 433. The highest BCUT2D eigenvalue weighted by Crippen LogP contribution is 2.18. The molecule has 0 radical (unpaired) electrons. The first-order valence-corrected chi connectivity index (χ1v) is 6.78. The number of ether oxygens (including phenoxy) is 2. The van der Waals surface area contributed by atoms with Crippen LogP contribution >= 0.6 is 0 Å². The average molecular weight is 279 g/mol. The zero-order chi connectivity index (χ0) is 14.8. The summed E-state index contributed by atoms with van der Waals surface area (Å²) in [5.41, 5.74) is 2.33. The van der Waals surface area contributed by atoms with Crippen LogP contribution in [0.1, 0.15) is 17.5 Å². The van der Waals surface area contributed by atoms with Crippen molar-refractivity contribution < 1.29 is 9.47 Å². The van der Waals surface area contributed by atoms with E-state index in [1.807, 2.05) is 13.0 Å². The fourth-order valence-electron chi connectivity index (χ4n) is 1.88. The number of aryl methyl sites for hydroxylation is 1. The lowest BCUT2D eigenvalue weighted by Crippen LogP contribution is -2.37. The van der Waals surface area contributed by atoms with Crippen LogP contribution in [0.15, 0.2) is 23.2 Å². The number of rotatable bonds is 7. The number of nitrogens with zero attached hydrogens (tertiary/aromatic N) is 1. The molecule has 5 nitrogen and oxygen atoms in total. The first kappa shape index (κ1) is 16.3. The third kappa shape index (κ3) is 5.48. The summed E-state index contributed by atoms with van der Waals surface area (Å²) in [7, 11) is 5.16. The topological polar surface area (TPSA) is 54.9 Å². The highest BCUT2D eigenvalue weighted by Gasteiger charge is 2.01. The molecule has 0 heterocycles. The van der Waals surface area contributed by atoms with Crippen LogP contribution in [0.3, 0.4) is 0 Å². The molecule has 112 valence electrons. The van der Waals surface area contributed by atoms with Gasteiger partial charge in [-0.25, -0.2) is 0 Å². The lowest BCUT2D eigenvalue weighted by Gasteiger charge is -2.13. The SMILES string of the molecule is CN=C(NCCCOC)NCc1ccc(OC)c(C)c1. The number of hydrogen-bond acceptors (Lipinski definition) is 3. The maximum absolute atomic E-state index is 5.25. The first-order valence-electron chi connectivity index (χ1n) is 6.78. The van der Waals surface area contributed by atoms with Gasteiger partial charge in [0.05, 0.1) is 7.11 Å². The predicted octanol–water partition coefficient (Wildman–Crippen LogP) is 1.71. The minimum Gasteiger partial charge on any atom is -0.496 e. The molecule has 0 aliphatic carbocycles. The van der Waals surface area contributed by atoms with Gasteiger partial charge in [0, 0.05) is 33.9 Å². The molecular formula is C15H25N3O2. The van der Waals surface area contributed by atoms with E-state index in [1.54, 1.807) is 21.3 Å².